The Hall–Kier alpha value is -2.65. The number of dihydropyridines is 1. The number of methoxy groups -OCH3 is 2. The molecule has 2 atom stereocenters. The summed E-state index contributed by atoms with van der Waals surface area (Å²) in [6, 6.07) is 11.2. The van der Waals surface area contributed by atoms with Gasteiger partial charge in [0.1, 0.15) is 6.10 Å². The van der Waals surface area contributed by atoms with Crippen LogP contribution in [0.15, 0.2) is 58.9 Å². The number of nitrogens with zero attached hydrogens (tertiary/aromatic N) is 1. The zero-order valence-corrected chi connectivity index (χ0v) is 22.4. The number of thiophene rings is 1. The van der Waals surface area contributed by atoms with Crippen LogP contribution >= 0.6 is 22.9 Å². The van der Waals surface area contributed by atoms with Gasteiger partial charge in [-0.15, -0.1) is 11.3 Å². The fourth-order valence-corrected chi connectivity index (χ4v) is 5.67. The molecule has 3 rings (SSSR count). The maximum atomic E-state index is 13.5. The van der Waals surface area contributed by atoms with Crippen molar-refractivity contribution in [3.8, 4) is 0 Å². The SMILES string of the molecule is CCOC(=O)C1=C(C(OC)c2ccc(CN(C)C)s2)NC(C)=C(C(=O)OC)C1c1ccccc1Cl. The minimum absolute atomic E-state index is 0.171. The summed E-state index contributed by atoms with van der Waals surface area (Å²) in [6.45, 7) is 4.47. The molecule has 0 saturated carbocycles. The summed E-state index contributed by atoms with van der Waals surface area (Å²) < 4.78 is 16.5. The van der Waals surface area contributed by atoms with Gasteiger partial charge in [0.2, 0.25) is 0 Å². The number of hydrogen-bond acceptors (Lipinski definition) is 8. The highest BCUT2D eigenvalue weighted by Gasteiger charge is 2.42. The Labute approximate surface area is 215 Å². The van der Waals surface area contributed by atoms with Crippen LogP contribution in [0.4, 0.5) is 0 Å². The van der Waals surface area contributed by atoms with Crippen LogP contribution in [0.3, 0.4) is 0 Å². The normalized spacial score (nSPS) is 16.9. The summed E-state index contributed by atoms with van der Waals surface area (Å²) in [7, 11) is 6.92. The molecule has 2 heterocycles. The summed E-state index contributed by atoms with van der Waals surface area (Å²) >= 11 is 8.19. The minimum atomic E-state index is -0.801. The highest BCUT2D eigenvalue weighted by Crippen LogP contribution is 2.45. The number of ether oxygens (including phenoxy) is 3. The molecule has 1 N–H and O–H groups in total. The van der Waals surface area contributed by atoms with Crippen molar-refractivity contribution in [2.24, 2.45) is 0 Å². The molecule has 35 heavy (non-hydrogen) atoms. The largest absolute Gasteiger partial charge is 0.466 e. The van der Waals surface area contributed by atoms with Crippen LogP contribution in [0.25, 0.3) is 0 Å². The van der Waals surface area contributed by atoms with E-state index in [0.717, 1.165) is 16.3 Å². The number of carbonyl (C=O) groups is 2. The molecular formula is C26H31ClN2O5S. The van der Waals surface area contributed by atoms with Crippen LogP contribution in [0.1, 0.15) is 41.2 Å². The van der Waals surface area contributed by atoms with Gasteiger partial charge in [-0.3, -0.25) is 0 Å². The summed E-state index contributed by atoms with van der Waals surface area (Å²) in [6.07, 6.45) is -0.588. The molecule has 0 aliphatic carbocycles. The number of esters is 2. The molecule has 0 radical (unpaired) electrons. The molecule has 188 valence electrons. The molecule has 1 aliphatic heterocycles. The van der Waals surface area contributed by atoms with Crippen LogP contribution < -0.4 is 5.32 Å². The molecule has 0 amide bonds. The molecule has 0 saturated heterocycles. The van der Waals surface area contributed by atoms with Gasteiger partial charge < -0.3 is 24.4 Å². The van der Waals surface area contributed by atoms with Crippen LogP contribution in [0, 0.1) is 0 Å². The molecule has 9 heteroatoms. The summed E-state index contributed by atoms with van der Waals surface area (Å²) in [5.74, 6) is -1.91. The average Bonchev–Trinajstić information content (AvgIpc) is 3.26. The minimum Gasteiger partial charge on any atom is -0.466 e. The molecule has 0 spiro atoms. The van der Waals surface area contributed by atoms with Gasteiger partial charge >= 0.3 is 11.9 Å². The first-order valence-corrected chi connectivity index (χ1v) is 12.4. The predicted octanol–water partition coefficient (Wildman–Crippen LogP) is 4.80. The Morgan fingerprint density at radius 3 is 2.43 bits per heavy atom. The summed E-state index contributed by atoms with van der Waals surface area (Å²) in [5.41, 5.74) is 2.23. The molecule has 2 unspecified atom stereocenters. The van der Waals surface area contributed by atoms with Gasteiger partial charge in [0, 0.05) is 34.1 Å². The number of halogens is 1. The zero-order valence-electron chi connectivity index (χ0n) is 20.8. The van der Waals surface area contributed by atoms with Crippen molar-refractivity contribution in [2.75, 3.05) is 34.9 Å². The Morgan fingerprint density at radius 1 is 1.11 bits per heavy atom. The standard InChI is InChI=1S/C26H31ClN2O5S/c1-7-34-26(31)22-21(17-10-8-9-11-18(17)27)20(25(30)33-6)15(2)28-23(22)24(32-5)19-13-12-16(35-19)14-29(3)4/h8-13,21,24,28H,7,14H2,1-6H3. The van der Waals surface area contributed by atoms with Gasteiger partial charge in [-0.25, -0.2) is 9.59 Å². The topological polar surface area (TPSA) is 77.1 Å². The van der Waals surface area contributed by atoms with Crippen molar-refractivity contribution in [2.45, 2.75) is 32.4 Å². The monoisotopic (exact) mass is 518 g/mol. The lowest BCUT2D eigenvalue weighted by molar-refractivity contribution is -0.139. The van der Waals surface area contributed by atoms with E-state index in [1.54, 1.807) is 50.5 Å². The Morgan fingerprint density at radius 2 is 1.83 bits per heavy atom. The zero-order chi connectivity index (χ0) is 25.7. The predicted molar refractivity (Wildman–Crippen MR) is 137 cm³/mol. The van der Waals surface area contributed by atoms with Crippen molar-refractivity contribution in [3.63, 3.8) is 0 Å². The van der Waals surface area contributed by atoms with E-state index in [1.807, 2.05) is 32.3 Å². The van der Waals surface area contributed by atoms with Gasteiger partial charge in [0.25, 0.3) is 0 Å². The summed E-state index contributed by atoms with van der Waals surface area (Å²) in [5, 5.41) is 3.70. The second-order valence-corrected chi connectivity index (χ2v) is 9.92. The molecule has 2 aromatic rings. The van der Waals surface area contributed by atoms with E-state index in [1.165, 1.54) is 7.11 Å². The lowest BCUT2D eigenvalue weighted by atomic mass is 9.79. The van der Waals surface area contributed by atoms with Gasteiger partial charge in [-0.05, 0) is 51.7 Å². The third-order valence-corrected chi connectivity index (χ3v) is 7.08. The molecule has 1 aromatic heterocycles. The quantitative estimate of drug-likeness (QED) is 0.478. The van der Waals surface area contributed by atoms with Crippen molar-refractivity contribution < 1.29 is 23.8 Å². The Bertz CT molecular complexity index is 1150. The average molecular weight is 519 g/mol. The van der Waals surface area contributed by atoms with Gasteiger partial charge in [0.15, 0.2) is 0 Å². The van der Waals surface area contributed by atoms with Crippen LogP contribution in [0.5, 0.6) is 0 Å². The first-order chi connectivity index (χ1) is 16.7. The molecule has 1 aromatic carbocycles. The van der Waals surface area contributed by atoms with Gasteiger partial charge in [-0.1, -0.05) is 29.8 Å². The number of allylic oxidation sites excluding steroid dienone is 1. The number of benzene rings is 1. The maximum absolute atomic E-state index is 13.5. The molecule has 1 aliphatic rings. The van der Waals surface area contributed by atoms with E-state index >= 15 is 0 Å². The van der Waals surface area contributed by atoms with Crippen molar-refractivity contribution in [1.29, 1.82) is 0 Å². The third-order valence-electron chi connectivity index (χ3n) is 5.62. The highest BCUT2D eigenvalue weighted by molar-refractivity contribution is 7.12. The smallest absolute Gasteiger partial charge is 0.336 e. The number of carbonyl (C=O) groups excluding carboxylic acids is 2. The first-order valence-electron chi connectivity index (χ1n) is 11.2. The Balaban J connectivity index is 2.27. The molecule has 7 nitrogen and oxygen atoms in total. The van der Waals surface area contributed by atoms with E-state index in [2.05, 4.69) is 10.2 Å². The second kappa shape index (κ2) is 11.9. The van der Waals surface area contributed by atoms with Crippen molar-refractivity contribution in [1.82, 2.24) is 10.2 Å². The van der Waals surface area contributed by atoms with E-state index in [-0.39, 0.29) is 12.2 Å². The van der Waals surface area contributed by atoms with E-state index < -0.39 is 24.0 Å². The summed E-state index contributed by atoms with van der Waals surface area (Å²) in [4.78, 5) is 30.6. The molecule has 0 bridgehead atoms. The van der Waals surface area contributed by atoms with E-state index in [4.69, 9.17) is 25.8 Å². The lowest BCUT2D eigenvalue weighted by Crippen LogP contribution is -2.35. The Kier molecular flexibility index (Phi) is 9.13. The molecule has 0 fully saturated rings. The number of hydrogen-bond donors (Lipinski definition) is 1. The van der Waals surface area contributed by atoms with Gasteiger partial charge in [-0.2, -0.15) is 0 Å². The van der Waals surface area contributed by atoms with Gasteiger partial charge in [0.05, 0.1) is 36.5 Å². The highest BCUT2D eigenvalue weighted by atomic mass is 35.5. The number of nitrogens with one attached hydrogen (secondary N) is 1. The van der Waals surface area contributed by atoms with E-state index in [0.29, 0.717) is 27.6 Å². The van der Waals surface area contributed by atoms with Crippen LogP contribution in [-0.4, -0.2) is 51.8 Å². The third kappa shape index (κ3) is 5.78. The fourth-order valence-electron chi connectivity index (χ4n) is 4.21. The van der Waals surface area contributed by atoms with Crippen LogP contribution in [0.2, 0.25) is 5.02 Å². The van der Waals surface area contributed by atoms with Crippen LogP contribution in [-0.2, 0) is 30.3 Å². The van der Waals surface area contributed by atoms with E-state index in [9.17, 15) is 9.59 Å². The number of rotatable bonds is 9. The van der Waals surface area contributed by atoms with Crippen molar-refractivity contribution >= 4 is 34.9 Å². The lowest BCUT2D eigenvalue weighted by Gasteiger charge is -2.34. The maximum Gasteiger partial charge on any atom is 0.336 e. The molecular weight excluding hydrogens is 488 g/mol. The fraction of sp³-hybridized carbons (Fsp3) is 0.385. The second-order valence-electron chi connectivity index (χ2n) is 8.32. The first kappa shape index (κ1) is 26.9. The van der Waals surface area contributed by atoms with Crippen molar-refractivity contribution in [3.05, 3.63) is 79.3 Å².